The van der Waals surface area contributed by atoms with Crippen molar-refractivity contribution in [2.24, 2.45) is 5.92 Å². The van der Waals surface area contributed by atoms with Crippen LogP contribution in [-0.4, -0.2) is 22.5 Å². The van der Waals surface area contributed by atoms with Crippen LogP contribution in [0.5, 0.6) is 0 Å². The summed E-state index contributed by atoms with van der Waals surface area (Å²) < 4.78 is 0. The molecule has 1 atom stereocenters. The average Bonchev–Trinajstić information content (AvgIpc) is 2.79. The number of carboxylic acids is 1. The zero-order valence-corrected chi connectivity index (χ0v) is 11.5. The van der Waals surface area contributed by atoms with Crippen molar-refractivity contribution < 1.29 is 14.7 Å². The Bertz CT molecular complexity index is 297. The summed E-state index contributed by atoms with van der Waals surface area (Å²) in [6.45, 7) is 3.51. The van der Waals surface area contributed by atoms with Gasteiger partial charge in [0, 0.05) is 6.42 Å². The van der Waals surface area contributed by atoms with E-state index in [9.17, 15) is 14.7 Å². The molecule has 0 aromatic carbocycles. The Morgan fingerprint density at radius 2 is 1.94 bits per heavy atom. The first-order chi connectivity index (χ1) is 8.48. The maximum absolute atomic E-state index is 11.8. The molecule has 0 aromatic rings. The van der Waals surface area contributed by atoms with Crippen molar-refractivity contribution in [1.82, 2.24) is 5.32 Å². The molecular formula is C14H25NO3. The molecule has 1 amide bonds. The van der Waals surface area contributed by atoms with Crippen molar-refractivity contribution in [2.45, 2.75) is 70.8 Å². The van der Waals surface area contributed by atoms with Crippen LogP contribution in [0, 0.1) is 5.92 Å². The molecule has 2 N–H and O–H groups in total. The minimum atomic E-state index is -1.11. The summed E-state index contributed by atoms with van der Waals surface area (Å²) in [5, 5.41) is 11.9. The van der Waals surface area contributed by atoms with Gasteiger partial charge in [0.2, 0.25) is 5.91 Å². The molecule has 0 bridgehead atoms. The van der Waals surface area contributed by atoms with Gasteiger partial charge in [0.25, 0.3) is 0 Å². The molecule has 0 aromatic heterocycles. The molecule has 0 spiro atoms. The highest BCUT2D eigenvalue weighted by Crippen LogP contribution is 2.28. The van der Waals surface area contributed by atoms with Crippen LogP contribution in [0.4, 0.5) is 0 Å². The maximum Gasteiger partial charge on any atom is 0.329 e. The summed E-state index contributed by atoms with van der Waals surface area (Å²) in [4.78, 5) is 23.0. The molecule has 0 aliphatic heterocycles. The van der Waals surface area contributed by atoms with Gasteiger partial charge in [0.15, 0.2) is 0 Å². The molecule has 0 saturated heterocycles. The lowest BCUT2D eigenvalue weighted by molar-refractivity contribution is -0.147. The molecule has 18 heavy (non-hydrogen) atoms. The highest BCUT2D eigenvalue weighted by atomic mass is 16.4. The van der Waals surface area contributed by atoms with E-state index >= 15 is 0 Å². The van der Waals surface area contributed by atoms with E-state index < -0.39 is 11.5 Å². The van der Waals surface area contributed by atoms with Crippen LogP contribution in [0.3, 0.4) is 0 Å². The van der Waals surface area contributed by atoms with E-state index in [4.69, 9.17) is 0 Å². The molecule has 0 heterocycles. The lowest BCUT2D eigenvalue weighted by atomic mass is 9.95. The van der Waals surface area contributed by atoms with Gasteiger partial charge < -0.3 is 10.4 Å². The fraction of sp³-hybridized carbons (Fsp3) is 0.857. The summed E-state index contributed by atoms with van der Waals surface area (Å²) in [7, 11) is 0. The lowest BCUT2D eigenvalue weighted by Gasteiger charge is -2.26. The highest BCUT2D eigenvalue weighted by molar-refractivity contribution is 5.86. The molecule has 1 rings (SSSR count). The van der Waals surface area contributed by atoms with Crippen molar-refractivity contribution in [1.29, 1.82) is 0 Å². The van der Waals surface area contributed by atoms with Crippen LogP contribution in [0.25, 0.3) is 0 Å². The van der Waals surface area contributed by atoms with Crippen LogP contribution in [0.15, 0.2) is 0 Å². The normalized spacial score (nSPS) is 19.4. The third-order valence-electron chi connectivity index (χ3n) is 3.89. The number of amides is 1. The third-order valence-corrected chi connectivity index (χ3v) is 3.89. The van der Waals surface area contributed by atoms with E-state index in [0.29, 0.717) is 18.8 Å². The molecule has 4 nitrogen and oxygen atoms in total. The largest absolute Gasteiger partial charge is 0.480 e. The van der Waals surface area contributed by atoms with Crippen molar-refractivity contribution in [2.75, 3.05) is 0 Å². The first-order valence-electron chi connectivity index (χ1n) is 7.02. The Morgan fingerprint density at radius 1 is 1.33 bits per heavy atom. The highest BCUT2D eigenvalue weighted by Gasteiger charge is 2.33. The maximum atomic E-state index is 11.8. The molecule has 4 heteroatoms. The number of rotatable bonds is 7. The first kappa shape index (κ1) is 15.0. The topological polar surface area (TPSA) is 66.4 Å². The van der Waals surface area contributed by atoms with Crippen LogP contribution < -0.4 is 5.32 Å². The third kappa shape index (κ3) is 4.31. The van der Waals surface area contributed by atoms with Crippen molar-refractivity contribution >= 4 is 11.9 Å². The van der Waals surface area contributed by atoms with Crippen molar-refractivity contribution in [3.8, 4) is 0 Å². The van der Waals surface area contributed by atoms with Gasteiger partial charge in [-0.3, -0.25) is 4.79 Å². The monoisotopic (exact) mass is 255 g/mol. The Kier molecular flexibility index (Phi) is 5.63. The molecule has 1 fully saturated rings. The SMILES string of the molecule is CCCC(C)(NC(=O)CCC1CCCC1)C(=O)O. The Morgan fingerprint density at radius 3 is 2.44 bits per heavy atom. The molecule has 1 unspecified atom stereocenters. The Balaban J connectivity index is 2.38. The van der Waals surface area contributed by atoms with E-state index in [2.05, 4.69) is 5.32 Å². The van der Waals surface area contributed by atoms with Gasteiger partial charge in [0.05, 0.1) is 0 Å². The predicted octanol–water partition coefficient (Wildman–Crippen LogP) is 2.72. The van der Waals surface area contributed by atoms with Gasteiger partial charge in [-0.1, -0.05) is 39.0 Å². The van der Waals surface area contributed by atoms with Gasteiger partial charge in [-0.05, 0) is 25.7 Å². The van der Waals surface area contributed by atoms with Gasteiger partial charge in [0.1, 0.15) is 5.54 Å². The second-order valence-electron chi connectivity index (χ2n) is 5.62. The summed E-state index contributed by atoms with van der Waals surface area (Å²) in [5.74, 6) is -0.406. The quantitative estimate of drug-likeness (QED) is 0.735. The number of nitrogens with one attached hydrogen (secondary N) is 1. The molecule has 1 aliphatic rings. The van der Waals surface area contributed by atoms with Crippen molar-refractivity contribution in [3.63, 3.8) is 0 Å². The molecule has 1 aliphatic carbocycles. The van der Waals surface area contributed by atoms with Gasteiger partial charge >= 0.3 is 5.97 Å². The zero-order valence-electron chi connectivity index (χ0n) is 11.5. The predicted molar refractivity (Wildman–Crippen MR) is 70.3 cm³/mol. The standard InChI is InChI=1S/C14H25NO3/c1-3-10-14(2,13(17)18)15-12(16)9-8-11-6-4-5-7-11/h11H,3-10H2,1-2H3,(H,15,16)(H,17,18). The van der Waals surface area contributed by atoms with Crippen LogP contribution >= 0.6 is 0 Å². The van der Waals surface area contributed by atoms with Crippen molar-refractivity contribution in [3.05, 3.63) is 0 Å². The van der Waals surface area contributed by atoms with E-state index in [-0.39, 0.29) is 5.91 Å². The first-order valence-corrected chi connectivity index (χ1v) is 7.02. The molecule has 104 valence electrons. The van der Waals surface area contributed by atoms with Crippen LogP contribution in [0.1, 0.15) is 65.2 Å². The number of carboxylic acid groups (broad SMARTS) is 1. The summed E-state index contributed by atoms with van der Waals surface area (Å²) >= 11 is 0. The molecule has 0 radical (unpaired) electrons. The minimum Gasteiger partial charge on any atom is -0.480 e. The average molecular weight is 255 g/mol. The fourth-order valence-electron chi connectivity index (χ4n) is 2.73. The number of aliphatic carboxylic acids is 1. The van der Waals surface area contributed by atoms with Gasteiger partial charge in [-0.2, -0.15) is 0 Å². The van der Waals surface area contributed by atoms with Gasteiger partial charge in [-0.25, -0.2) is 4.79 Å². The molecule has 1 saturated carbocycles. The van der Waals surface area contributed by atoms with E-state index in [1.807, 2.05) is 6.92 Å². The number of carbonyl (C=O) groups excluding carboxylic acids is 1. The lowest BCUT2D eigenvalue weighted by Crippen LogP contribution is -2.52. The van der Waals surface area contributed by atoms with Crippen LogP contribution in [-0.2, 0) is 9.59 Å². The second kappa shape index (κ2) is 6.76. The van der Waals surface area contributed by atoms with E-state index in [0.717, 1.165) is 12.8 Å². The summed E-state index contributed by atoms with van der Waals surface area (Å²) in [5.41, 5.74) is -1.11. The van der Waals surface area contributed by atoms with E-state index in [1.165, 1.54) is 25.7 Å². The van der Waals surface area contributed by atoms with E-state index in [1.54, 1.807) is 6.92 Å². The smallest absolute Gasteiger partial charge is 0.329 e. The number of hydrogen-bond donors (Lipinski definition) is 2. The summed E-state index contributed by atoms with van der Waals surface area (Å²) in [6, 6.07) is 0. The molecular weight excluding hydrogens is 230 g/mol. The Labute approximate surface area is 109 Å². The minimum absolute atomic E-state index is 0.125. The zero-order chi connectivity index (χ0) is 13.6. The second-order valence-corrected chi connectivity index (χ2v) is 5.62. The van der Waals surface area contributed by atoms with Gasteiger partial charge in [-0.15, -0.1) is 0 Å². The Hall–Kier alpha value is -1.06. The van der Waals surface area contributed by atoms with Crippen LogP contribution in [0.2, 0.25) is 0 Å². The summed E-state index contributed by atoms with van der Waals surface area (Å²) in [6.07, 6.45) is 7.55. The number of carbonyl (C=O) groups is 2. The number of hydrogen-bond acceptors (Lipinski definition) is 2. The fourth-order valence-corrected chi connectivity index (χ4v) is 2.73.